The first-order valence-corrected chi connectivity index (χ1v) is 9.04. The van der Waals surface area contributed by atoms with Gasteiger partial charge < -0.3 is 9.80 Å². The molecule has 0 spiro atoms. The van der Waals surface area contributed by atoms with Crippen molar-refractivity contribution >= 4 is 11.8 Å². The molecule has 3 aliphatic heterocycles. The van der Waals surface area contributed by atoms with Crippen molar-refractivity contribution in [3.8, 4) is 0 Å². The molecule has 2 atom stereocenters. The van der Waals surface area contributed by atoms with Crippen LogP contribution in [0.5, 0.6) is 0 Å². The molecule has 5 rings (SSSR count). The topological polar surface area (TPSA) is 66.4 Å². The lowest BCUT2D eigenvalue weighted by Crippen LogP contribution is -2.47. The highest BCUT2D eigenvalue weighted by molar-refractivity contribution is 5.93. The van der Waals surface area contributed by atoms with E-state index >= 15 is 0 Å². The summed E-state index contributed by atoms with van der Waals surface area (Å²) in [7, 11) is 0. The molecular formula is C20H22N4O2. The molecule has 0 radical (unpaired) electrons. The normalized spacial score (nSPS) is 22.4. The molecule has 3 aliphatic rings. The monoisotopic (exact) mass is 350 g/mol. The second-order valence-electron chi connectivity index (χ2n) is 7.13. The van der Waals surface area contributed by atoms with Gasteiger partial charge in [0.2, 0.25) is 5.91 Å². The molecule has 4 heterocycles. The van der Waals surface area contributed by atoms with E-state index in [1.807, 2.05) is 42.2 Å². The zero-order valence-electron chi connectivity index (χ0n) is 14.8. The summed E-state index contributed by atoms with van der Waals surface area (Å²) in [4.78, 5) is 37.9. The van der Waals surface area contributed by atoms with Gasteiger partial charge in [0.05, 0.1) is 17.8 Å². The fourth-order valence-corrected chi connectivity index (χ4v) is 3.86. The molecule has 2 amide bonds. The van der Waals surface area contributed by atoms with E-state index in [1.165, 1.54) is 6.20 Å². The van der Waals surface area contributed by atoms with Crippen LogP contribution in [0.4, 0.5) is 0 Å². The van der Waals surface area contributed by atoms with Crippen LogP contribution in [0.25, 0.3) is 0 Å². The summed E-state index contributed by atoms with van der Waals surface area (Å²) in [5.41, 5.74) is 2.25. The maximum Gasteiger partial charge on any atom is 0.274 e. The zero-order valence-corrected chi connectivity index (χ0v) is 14.8. The lowest BCUT2D eigenvalue weighted by Gasteiger charge is -2.36. The summed E-state index contributed by atoms with van der Waals surface area (Å²) < 4.78 is 0. The van der Waals surface area contributed by atoms with Crippen LogP contribution in [0.2, 0.25) is 0 Å². The van der Waals surface area contributed by atoms with Gasteiger partial charge in [-0.1, -0.05) is 30.3 Å². The minimum atomic E-state index is -0.135. The zero-order chi connectivity index (χ0) is 18.1. The van der Waals surface area contributed by atoms with Crippen LogP contribution in [0, 0.1) is 12.8 Å². The highest BCUT2D eigenvalue weighted by Crippen LogP contribution is 2.30. The average Bonchev–Trinajstić information content (AvgIpc) is 2.95. The Morgan fingerprint density at radius 3 is 2.65 bits per heavy atom. The van der Waals surface area contributed by atoms with Crippen LogP contribution in [-0.4, -0.2) is 50.7 Å². The number of amides is 2. The van der Waals surface area contributed by atoms with Crippen molar-refractivity contribution in [3.05, 3.63) is 59.7 Å². The third-order valence-electron chi connectivity index (χ3n) is 5.28. The van der Waals surface area contributed by atoms with Crippen molar-refractivity contribution in [1.82, 2.24) is 19.8 Å². The maximum atomic E-state index is 12.9. The Labute approximate surface area is 152 Å². The SMILES string of the molecule is Cc1cnc(C(=O)N2C[C@@H]3CC[C@H](C2)N(Cc2ccccc2)C3=O)cn1. The number of aryl methyl sites for hydroxylation is 1. The second kappa shape index (κ2) is 6.86. The van der Waals surface area contributed by atoms with Gasteiger partial charge in [-0.2, -0.15) is 0 Å². The first-order valence-electron chi connectivity index (χ1n) is 9.04. The number of hydrogen-bond donors (Lipinski definition) is 0. The number of fused-ring (bicyclic) bond motifs is 4. The molecule has 0 saturated carbocycles. The molecule has 134 valence electrons. The molecule has 0 aliphatic carbocycles. The minimum absolute atomic E-state index is 0.0591. The summed E-state index contributed by atoms with van der Waals surface area (Å²) >= 11 is 0. The Morgan fingerprint density at radius 2 is 1.92 bits per heavy atom. The molecule has 6 nitrogen and oxygen atoms in total. The standard InChI is InChI=1S/C20H22N4O2/c1-14-9-22-18(10-21-14)20(26)23-12-16-7-8-17(13-23)24(19(16)25)11-15-5-3-2-4-6-15/h2-6,9-10,16-17H,7-8,11-13H2,1H3/t16-,17+/m0/s1. The fraction of sp³-hybridized carbons (Fsp3) is 0.400. The molecule has 26 heavy (non-hydrogen) atoms. The first kappa shape index (κ1) is 16.7. The number of rotatable bonds is 3. The highest BCUT2D eigenvalue weighted by atomic mass is 16.2. The van der Waals surface area contributed by atoms with Gasteiger partial charge >= 0.3 is 0 Å². The Hall–Kier alpha value is -2.76. The van der Waals surface area contributed by atoms with Gasteiger partial charge in [-0.25, -0.2) is 4.98 Å². The molecule has 1 aromatic carbocycles. The van der Waals surface area contributed by atoms with Crippen LogP contribution in [0.15, 0.2) is 42.7 Å². The van der Waals surface area contributed by atoms with Crippen molar-refractivity contribution in [2.75, 3.05) is 13.1 Å². The fourth-order valence-electron chi connectivity index (χ4n) is 3.86. The summed E-state index contributed by atoms with van der Waals surface area (Å²) in [5, 5.41) is 0. The minimum Gasteiger partial charge on any atom is -0.334 e. The third-order valence-corrected chi connectivity index (χ3v) is 5.28. The summed E-state index contributed by atoms with van der Waals surface area (Å²) in [5.74, 6) is -0.0982. The van der Waals surface area contributed by atoms with Crippen molar-refractivity contribution in [1.29, 1.82) is 0 Å². The van der Waals surface area contributed by atoms with Gasteiger partial charge in [0.1, 0.15) is 5.69 Å². The number of carbonyl (C=O) groups excluding carboxylic acids is 2. The Balaban J connectivity index is 1.54. The number of nitrogens with zero attached hydrogens (tertiary/aromatic N) is 4. The summed E-state index contributed by atoms with van der Waals surface area (Å²) in [6, 6.07) is 10.1. The summed E-state index contributed by atoms with van der Waals surface area (Å²) in [6.45, 7) is 3.47. The maximum absolute atomic E-state index is 12.9. The number of hydrogen-bond acceptors (Lipinski definition) is 4. The van der Waals surface area contributed by atoms with Gasteiger partial charge in [-0.05, 0) is 25.3 Å². The Bertz CT molecular complexity index is 806. The van der Waals surface area contributed by atoms with Crippen LogP contribution < -0.4 is 0 Å². The van der Waals surface area contributed by atoms with Crippen LogP contribution in [0.1, 0.15) is 34.6 Å². The van der Waals surface area contributed by atoms with Crippen LogP contribution >= 0.6 is 0 Å². The largest absolute Gasteiger partial charge is 0.334 e. The first-order chi connectivity index (χ1) is 12.6. The van der Waals surface area contributed by atoms with E-state index in [4.69, 9.17) is 0 Å². The predicted molar refractivity (Wildman–Crippen MR) is 96.2 cm³/mol. The number of piperidine rings is 1. The van der Waals surface area contributed by atoms with E-state index in [1.54, 1.807) is 11.1 Å². The predicted octanol–water partition coefficient (Wildman–Crippen LogP) is 2.05. The van der Waals surface area contributed by atoms with Crippen molar-refractivity contribution in [2.45, 2.75) is 32.4 Å². The van der Waals surface area contributed by atoms with Gasteiger partial charge in [0.15, 0.2) is 0 Å². The highest BCUT2D eigenvalue weighted by Gasteiger charge is 2.42. The van der Waals surface area contributed by atoms with Crippen LogP contribution in [-0.2, 0) is 11.3 Å². The molecule has 2 aromatic rings. The molecular weight excluding hydrogens is 328 g/mol. The Kier molecular flexibility index (Phi) is 4.41. The lowest BCUT2D eigenvalue weighted by atomic mass is 9.93. The van der Waals surface area contributed by atoms with E-state index in [9.17, 15) is 9.59 Å². The molecule has 3 saturated heterocycles. The molecule has 6 heteroatoms. The van der Waals surface area contributed by atoms with Crippen molar-refractivity contribution < 1.29 is 9.59 Å². The molecule has 0 N–H and O–H groups in total. The molecule has 1 aromatic heterocycles. The van der Waals surface area contributed by atoms with E-state index < -0.39 is 0 Å². The molecule has 0 unspecified atom stereocenters. The quantitative estimate of drug-likeness (QED) is 0.850. The van der Waals surface area contributed by atoms with Crippen molar-refractivity contribution in [3.63, 3.8) is 0 Å². The van der Waals surface area contributed by atoms with Crippen molar-refractivity contribution in [2.24, 2.45) is 5.92 Å². The van der Waals surface area contributed by atoms with Gasteiger partial charge in [-0.15, -0.1) is 0 Å². The second-order valence-corrected chi connectivity index (χ2v) is 7.13. The van der Waals surface area contributed by atoms with E-state index in [0.29, 0.717) is 25.3 Å². The van der Waals surface area contributed by atoms with Gasteiger partial charge in [0.25, 0.3) is 5.91 Å². The average molecular weight is 350 g/mol. The van der Waals surface area contributed by atoms with E-state index in [2.05, 4.69) is 9.97 Å². The molecule has 2 bridgehead atoms. The lowest BCUT2D eigenvalue weighted by molar-refractivity contribution is -0.140. The number of carbonyl (C=O) groups is 2. The molecule has 3 fully saturated rings. The van der Waals surface area contributed by atoms with Crippen LogP contribution in [0.3, 0.4) is 0 Å². The van der Waals surface area contributed by atoms with E-state index in [0.717, 1.165) is 24.1 Å². The third kappa shape index (κ3) is 3.19. The van der Waals surface area contributed by atoms with Gasteiger partial charge in [-0.3, -0.25) is 14.6 Å². The Morgan fingerprint density at radius 1 is 1.12 bits per heavy atom. The van der Waals surface area contributed by atoms with Gasteiger partial charge in [0, 0.05) is 31.9 Å². The van der Waals surface area contributed by atoms with E-state index in [-0.39, 0.29) is 23.8 Å². The summed E-state index contributed by atoms with van der Waals surface area (Å²) in [6.07, 6.45) is 4.91. The smallest absolute Gasteiger partial charge is 0.274 e. The number of aromatic nitrogens is 2. The number of benzene rings is 1.